The van der Waals surface area contributed by atoms with Gasteiger partial charge in [-0.3, -0.25) is 9.59 Å². The van der Waals surface area contributed by atoms with Crippen molar-refractivity contribution in [2.24, 2.45) is 0 Å². The quantitative estimate of drug-likeness (QED) is 0.682. The number of amides is 1. The Morgan fingerprint density at radius 2 is 1.68 bits per heavy atom. The first-order valence-electron chi connectivity index (χ1n) is 8.58. The number of nitrogens with one attached hydrogen (secondary N) is 2. The molecule has 1 heterocycles. The first-order chi connectivity index (χ1) is 13.2. The van der Waals surface area contributed by atoms with E-state index in [1.54, 1.807) is 38.1 Å². The molecule has 0 aliphatic carbocycles. The lowest BCUT2D eigenvalue weighted by Gasteiger charge is -2.21. The average Bonchev–Trinajstić information content (AvgIpc) is 2.68. The second kappa shape index (κ2) is 7.53. The smallest absolute Gasteiger partial charge is 0.276 e. The van der Waals surface area contributed by atoms with Crippen molar-refractivity contribution in [1.29, 1.82) is 0 Å². The highest BCUT2D eigenvalue weighted by Gasteiger charge is 2.23. The minimum Gasteiger partial charge on any atom is -0.321 e. The number of H-pyrrole nitrogens is 1. The van der Waals surface area contributed by atoms with Gasteiger partial charge in [-0.25, -0.2) is 13.5 Å². The van der Waals surface area contributed by atoms with Crippen molar-refractivity contribution in [3.63, 3.8) is 0 Å². The van der Waals surface area contributed by atoms with Crippen molar-refractivity contribution in [2.45, 2.75) is 24.8 Å². The third-order valence-corrected chi connectivity index (χ3v) is 6.48. The van der Waals surface area contributed by atoms with Crippen LogP contribution in [0.15, 0.2) is 58.2 Å². The predicted octanol–water partition coefficient (Wildman–Crippen LogP) is 2.20. The maximum absolute atomic E-state index is 12.6. The molecular weight excluding hydrogens is 380 g/mol. The number of nitrogens with zero attached hydrogens (tertiary/aromatic N) is 2. The maximum atomic E-state index is 12.6. The molecule has 28 heavy (non-hydrogen) atoms. The van der Waals surface area contributed by atoms with Crippen LogP contribution in [0.3, 0.4) is 0 Å². The molecule has 2 aromatic carbocycles. The number of hydrogen-bond donors (Lipinski definition) is 2. The Balaban J connectivity index is 1.87. The number of aromatic nitrogens is 2. The van der Waals surface area contributed by atoms with Crippen molar-refractivity contribution < 1.29 is 13.2 Å². The summed E-state index contributed by atoms with van der Waals surface area (Å²) in [6.07, 6.45) is 0. The normalized spacial score (nSPS) is 11.9. The summed E-state index contributed by atoms with van der Waals surface area (Å²) < 4.78 is 26.3. The van der Waals surface area contributed by atoms with Gasteiger partial charge in [0.2, 0.25) is 10.0 Å². The van der Waals surface area contributed by atoms with Crippen molar-refractivity contribution in [3.05, 3.63) is 64.6 Å². The summed E-state index contributed by atoms with van der Waals surface area (Å²) in [4.78, 5) is 24.6. The van der Waals surface area contributed by atoms with Crippen LogP contribution < -0.4 is 10.9 Å². The Morgan fingerprint density at radius 3 is 2.29 bits per heavy atom. The van der Waals surface area contributed by atoms with E-state index in [1.165, 1.54) is 35.6 Å². The molecule has 0 unspecified atom stereocenters. The van der Waals surface area contributed by atoms with E-state index in [2.05, 4.69) is 15.5 Å². The number of benzene rings is 2. The zero-order valence-electron chi connectivity index (χ0n) is 15.6. The van der Waals surface area contributed by atoms with E-state index in [9.17, 15) is 18.0 Å². The van der Waals surface area contributed by atoms with Crippen LogP contribution in [-0.4, -0.2) is 41.9 Å². The molecule has 0 spiro atoms. The second-order valence-electron chi connectivity index (χ2n) is 6.54. The molecule has 0 radical (unpaired) electrons. The Kier molecular flexibility index (Phi) is 5.30. The molecule has 0 aliphatic rings. The van der Waals surface area contributed by atoms with Crippen LogP contribution in [0.25, 0.3) is 10.8 Å². The molecule has 3 rings (SSSR count). The molecule has 1 aromatic heterocycles. The fraction of sp³-hybridized carbons (Fsp3) is 0.211. The van der Waals surface area contributed by atoms with Crippen LogP contribution in [0.1, 0.15) is 24.3 Å². The van der Waals surface area contributed by atoms with Crippen LogP contribution in [-0.2, 0) is 10.0 Å². The molecule has 0 bridgehead atoms. The molecule has 146 valence electrons. The van der Waals surface area contributed by atoms with E-state index in [4.69, 9.17) is 0 Å². The van der Waals surface area contributed by atoms with E-state index in [0.29, 0.717) is 16.5 Å². The summed E-state index contributed by atoms with van der Waals surface area (Å²) >= 11 is 0. The highest BCUT2D eigenvalue weighted by Crippen LogP contribution is 2.20. The zero-order valence-corrected chi connectivity index (χ0v) is 16.4. The largest absolute Gasteiger partial charge is 0.321 e. The first-order valence-corrected chi connectivity index (χ1v) is 10.0. The van der Waals surface area contributed by atoms with E-state index < -0.39 is 15.9 Å². The van der Waals surface area contributed by atoms with Crippen molar-refractivity contribution in [1.82, 2.24) is 14.5 Å². The van der Waals surface area contributed by atoms with Gasteiger partial charge in [0.25, 0.3) is 11.5 Å². The summed E-state index contributed by atoms with van der Waals surface area (Å²) in [5.74, 6) is -0.512. The minimum absolute atomic E-state index is 0.0754. The highest BCUT2D eigenvalue weighted by molar-refractivity contribution is 7.89. The number of fused-ring (bicyclic) bond motifs is 1. The fourth-order valence-corrected chi connectivity index (χ4v) is 4.00. The molecule has 0 saturated heterocycles. The van der Waals surface area contributed by atoms with Gasteiger partial charge in [0.05, 0.1) is 10.3 Å². The van der Waals surface area contributed by atoms with Gasteiger partial charge in [-0.15, -0.1) is 0 Å². The lowest BCUT2D eigenvalue weighted by molar-refractivity contribution is 0.102. The molecule has 0 fully saturated rings. The van der Waals surface area contributed by atoms with Gasteiger partial charge in [0, 0.05) is 24.2 Å². The fourth-order valence-electron chi connectivity index (χ4n) is 2.63. The van der Waals surface area contributed by atoms with Crippen LogP contribution in [0.4, 0.5) is 5.69 Å². The second-order valence-corrected chi connectivity index (χ2v) is 8.54. The Bertz CT molecular complexity index is 1180. The molecule has 9 heteroatoms. The summed E-state index contributed by atoms with van der Waals surface area (Å²) in [7, 11) is -2.08. The summed E-state index contributed by atoms with van der Waals surface area (Å²) in [5.41, 5.74) is 0.107. The summed E-state index contributed by atoms with van der Waals surface area (Å²) in [6.45, 7) is 3.57. The van der Waals surface area contributed by atoms with Gasteiger partial charge in [0.1, 0.15) is 0 Å². The van der Waals surface area contributed by atoms with Crippen molar-refractivity contribution >= 4 is 32.4 Å². The SMILES string of the molecule is CC(C)N(C)S(=O)(=O)c1ccc(NC(=O)c2n[nH]c(=O)c3ccccc23)cc1. The predicted molar refractivity (Wildman–Crippen MR) is 107 cm³/mol. The van der Waals surface area contributed by atoms with Gasteiger partial charge >= 0.3 is 0 Å². The van der Waals surface area contributed by atoms with Crippen LogP contribution >= 0.6 is 0 Å². The van der Waals surface area contributed by atoms with E-state index >= 15 is 0 Å². The van der Waals surface area contributed by atoms with Crippen LogP contribution in [0.5, 0.6) is 0 Å². The Labute approximate surface area is 162 Å². The molecule has 0 aliphatic heterocycles. The van der Waals surface area contributed by atoms with Gasteiger partial charge in [-0.05, 0) is 44.2 Å². The summed E-state index contributed by atoms with van der Waals surface area (Å²) in [5, 5.41) is 9.62. The van der Waals surface area contributed by atoms with E-state index in [-0.39, 0.29) is 22.2 Å². The Morgan fingerprint density at radius 1 is 1.07 bits per heavy atom. The number of carbonyl (C=O) groups is 1. The minimum atomic E-state index is -3.60. The zero-order chi connectivity index (χ0) is 20.5. The number of sulfonamides is 1. The van der Waals surface area contributed by atoms with Crippen molar-refractivity contribution in [2.75, 3.05) is 12.4 Å². The summed E-state index contributed by atoms with van der Waals surface area (Å²) in [6, 6.07) is 12.4. The number of anilines is 1. The van der Waals surface area contributed by atoms with Gasteiger partial charge in [0.15, 0.2) is 5.69 Å². The third kappa shape index (κ3) is 3.67. The van der Waals surface area contributed by atoms with Crippen LogP contribution in [0, 0.1) is 0 Å². The monoisotopic (exact) mass is 400 g/mol. The molecule has 3 aromatic rings. The molecule has 8 nitrogen and oxygen atoms in total. The van der Waals surface area contributed by atoms with Gasteiger partial charge in [-0.2, -0.15) is 9.40 Å². The van der Waals surface area contributed by atoms with Crippen molar-refractivity contribution in [3.8, 4) is 0 Å². The maximum Gasteiger partial charge on any atom is 0.276 e. The number of aromatic amines is 1. The van der Waals surface area contributed by atoms with Gasteiger partial charge < -0.3 is 5.32 Å². The molecular formula is C19H20N4O4S. The standard InChI is InChI=1S/C19H20N4O4S/c1-12(2)23(3)28(26,27)14-10-8-13(9-11-14)20-19(25)17-15-6-4-5-7-16(15)18(24)22-21-17/h4-12H,1-3H3,(H,20,25)(H,22,24). The highest BCUT2D eigenvalue weighted by atomic mass is 32.2. The molecule has 0 saturated carbocycles. The number of rotatable bonds is 5. The molecule has 1 amide bonds. The lowest BCUT2D eigenvalue weighted by atomic mass is 10.1. The molecule has 2 N–H and O–H groups in total. The van der Waals surface area contributed by atoms with Crippen LogP contribution in [0.2, 0.25) is 0 Å². The number of hydrogen-bond acceptors (Lipinski definition) is 5. The first kappa shape index (κ1) is 19.7. The lowest BCUT2D eigenvalue weighted by Crippen LogP contribution is -2.33. The Hall–Kier alpha value is -3.04. The molecule has 0 atom stereocenters. The van der Waals surface area contributed by atoms with E-state index in [1.807, 2.05) is 0 Å². The average molecular weight is 400 g/mol. The number of carbonyl (C=O) groups excluding carboxylic acids is 1. The topological polar surface area (TPSA) is 112 Å². The van der Waals surface area contributed by atoms with Gasteiger partial charge in [-0.1, -0.05) is 18.2 Å². The van der Waals surface area contributed by atoms with E-state index in [0.717, 1.165) is 0 Å². The third-order valence-electron chi connectivity index (χ3n) is 4.43.